The molecule has 27 heavy (non-hydrogen) atoms. The van der Waals surface area contributed by atoms with Crippen LogP contribution >= 0.6 is 0 Å². The molecule has 140 valence electrons. The van der Waals surface area contributed by atoms with Crippen LogP contribution in [0, 0.1) is 5.92 Å². The van der Waals surface area contributed by atoms with Gasteiger partial charge in [-0.15, -0.1) is 0 Å². The molecule has 2 aliphatic rings. The fourth-order valence-corrected chi connectivity index (χ4v) is 3.75. The quantitative estimate of drug-likeness (QED) is 0.903. The Labute approximate surface area is 158 Å². The van der Waals surface area contributed by atoms with E-state index in [0.717, 1.165) is 17.7 Å². The zero-order chi connectivity index (χ0) is 18.8. The summed E-state index contributed by atoms with van der Waals surface area (Å²) in [4.78, 5) is 27.0. The highest BCUT2D eigenvalue weighted by molar-refractivity contribution is 6.01. The fraction of sp³-hybridized carbons (Fsp3) is 0.333. The number of anilines is 1. The molecule has 1 fully saturated rings. The number of carbonyl (C=O) groups is 2. The van der Waals surface area contributed by atoms with Crippen LogP contribution in [0.2, 0.25) is 0 Å². The first-order chi connectivity index (χ1) is 13.2. The van der Waals surface area contributed by atoms with E-state index in [1.165, 1.54) is 0 Å². The van der Waals surface area contributed by atoms with Crippen LogP contribution in [-0.2, 0) is 9.59 Å². The van der Waals surface area contributed by atoms with Crippen LogP contribution in [0.25, 0.3) is 0 Å². The maximum Gasteiger partial charge on any atom is 0.227 e. The van der Waals surface area contributed by atoms with Gasteiger partial charge < -0.3 is 19.7 Å². The van der Waals surface area contributed by atoms with E-state index in [9.17, 15) is 9.59 Å². The largest absolute Gasteiger partial charge is 0.495 e. The number of rotatable bonds is 4. The summed E-state index contributed by atoms with van der Waals surface area (Å²) in [6, 6.07) is 15.0. The first kappa shape index (κ1) is 17.4. The smallest absolute Gasteiger partial charge is 0.227 e. The van der Waals surface area contributed by atoms with E-state index in [1.54, 1.807) is 12.0 Å². The van der Waals surface area contributed by atoms with Crippen LogP contribution < -0.4 is 19.7 Å². The number of methoxy groups -OCH3 is 1. The van der Waals surface area contributed by atoms with E-state index in [4.69, 9.17) is 9.47 Å². The molecular formula is C21H22N2O4. The van der Waals surface area contributed by atoms with Crippen LogP contribution in [0.15, 0.2) is 48.5 Å². The second kappa shape index (κ2) is 7.31. The minimum absolute atomic E-state index is 0.0629. The van der Waals surface area contributed by atoms with Crippen molar-refractivity contribution in [3.8, 4) is 11.5 Å². The first-order valence-electron chi connectivity index (χ1n) is 9.13. The second-order valence-corrected chi connectivity index (χ2v) is 6.81. The lowest BCUT2D eigenvalue weighted by molar-refractivity contribution is -0.127. The molecule has 2 atom stereocenters. The molecule has 2 aliphatic heterocycles. The molecule has 0 radical (unpaired) electrons. The van der Waals surface area contributed by atoms with Crippen LogP contribution in [0.4, 0.5) is 5.69 Å². The molecule has 0 spiro atoms. The van der Waals surface area contributed by atoms with Gasteiger partial charge in [0.05, 0.1) is 31.4 Å². The molecule has 1 N–H and O–H groups in total. The Balaban J connectivity index is 1.47. The topological polar surface area (TPSA) is 67.9 Å². The van der Waals surface area contributed by atoms with Crippen molar-refractivity contribution >= 4 is 17.5 Å². The van der Waals surface area contributed by atoms with E-state index in [2.05, 4.69) is 5.32 Å². The van der Waals surface area contributed by atoms with Gasteiger partial charge in [0, 0.05) is 24.9 Å². The van der Waals surface area contributed by atoms with Crippen molar-refractivity contribution in [3.63, 3.8) is 0 Å². The maximum absolute atomic E-state index is 12.8. The van der Waals surface area contributed by atoms with Gasteiger partial charge in [-0.3, -0.25) is 9.59 Å². The normalized spacial score (nSPS) is 21.4. The van der Waals surface area contributed by atoms with Gasteiger partial charge in [-0.1, -0.05) is 30.3 Å². The van der Waals surface area contributed by atoms with Crippen molar-refractivity contribution in [3.05, 3.63) is 54.1 Å². The predicted molar refractivity (Wildman–Crippen MR) is 101 cm³/mol. The van der Waals surface area contributed by atoms with Crippen molar-refractivity contribution in [1.82, 2.24) is 5.32 Å². The monoisotopic (exact) mass is 366 g/mol. The predicted octanol–water partition coefficient (Wildman–Crippen LogP) is 2.69. The third-order valence-corrected chi connectivity index (χ3v) is 5.15. The highest BCUT2D eigenvalue weighted by atomic mass is 16.5. The highest BCUT2D eigenvalue weighted by Crippen LogP contribution is 2.34. The van der Waals surface area contributed by atoms with Gasteiger partial charge in [-0.25, -0.2) is 0 Å². The molecule has 0 bridgehead atoms. The summed E-state index contributed by atoms with van der Waals surface area (Å²) in [6.45, 7) is 0.925. The van der Waals surface area contributed by atoms with Crippen LogP contribution in [0.3, 0.4) is 0 Å². The van der Waals surface area contributed by atoms with Gasteiger partial charge in [0.25, 0.3) is 0 Å². The third-order valence-electron chi connectivity index (χ3n) is 5.15. The number of para-hydroxylation sites is 3. The standard InChI is InChI=1S/C21H22N2O4/c1-26-19-9-5-3-7-17(19)23-13-14(12-20(23)24)21(25)22-16-10-11-27-18-8-4-2-6-15(16)18/h2-9,14,16H,10-13H2,1H3,(H,22,25)/t14-,16-/m0/s1. The van der Waals surface area contributed by atoms with Crippen LogP contribution in [0.5, 0.6) is 11.5 Å². The Kier molecular flexibility index (Phi) is 4.71. The summed E-state index contributed by atoms with van der Waals surface area (Å²) in [5.74, 6) is 0.907. The van der Waals surface area contributed by atoms with Crippen molar-refractivity contribution in [1.29, 1.82) is 0 Å². The highest BCUT2D eigenvalue weighted by Gasteiger charge is 2.37. The molecular weight excluding hydrogens is 344 g/mol. The van der Waals surface area contributed by atoms with Gasteiger partial charge in [-0.05, 0) is 18.2 Å². The van der Waals surface area contributed by atoms with Gasteiger partial charge in [0.1, 0.15) is 11.5 Å². The Morgan fingerprint density at radius 2 is 1.96 bits per heavy atom. The second-order valence-electron chi connectivity index (χ2n) is 6.81. The fourth-order valence-electron chi connectivity index (χ4n) is 3.75. The first-order valence-corrected chi connectivity index (χ1v) is 9.13. The number of fused-ring (bicyclic) bond motifs is 1. The Bertz CT molecular complexity index is 867. The zero-order valence-corrected chi connectivity index (χ0v) is 15.2. The SMILES string of the molecule is COc1ccccc1N1C[C@@H](C(=O)N[C@H]2CCOc3ccccc32)CC1=O. The average Bonchev–Trinajstić information content (AvgIpc) is 3.10. The number of amides is 2. The third kappa shape index (κ3) is 3.35. The van der Waals surface area contributed by atoms with Gasteiger partial charge in [-0.2, -0.15) is 0 Å². The van der Waals surface area contributed by atoms with Crippen molar-refractivity contribution in [2.75, 3.05) is 25.2 Å². The summed E-state index contributed by atoms with van der Waals surface area (Å²) < 4.78 is 11.0. The Morgan fingerprint density at radius 3 is 2.81 bits per heavy atom. The number of benzene rings is 2. The number of ether oxygens (including phenoxy) is 2. The Morgan fingerprint density at radius 1 is 1.19 bits per heavy atom. The molecule has 2 aromatic carbocycles. The molecule has 4 rings (SSSR count). The van der Waals surface area contributed by atoms with Gasteiger partial charge in [0.15, 0.2) is 0 Å². The van der Waals surface area contributed by atoms with Crippen LogP contribution in [-0.4, -0.2) is 32.1 Å². The van der Waals surface area contributed by atoms with Gasteiger partial charge >= 0.3 is 0 Å². The number of hydrogen-bond acceptors (Lipinski definition) is 4. The summed E-state index contributed by atoms with van der Waals surface area (Å²) in [6.07, 6.45) is 0.925. The number of carbonyl (C=O) groups excluding carboxylic acids is 2. The van der Waals surface area contributed by atoms with Gasteiger partial charge in [0.2, 0.25) is 11.8 Å². The van der Waals surface area contributed by atoms with E-state index >= 15 is 0 Å². The number of nitrogens with one attached hydrogen (secondary N) is 1. The zero-order valence-electron chi connectivity index (χ0n) is 15.2. The summed E-state index contributed by atoms with van der Waals surface area (Å²) >= 11 is 0. The molecule has 0 aliphatic carbocycles. The minimum Gasteiger partial charge on any atom is -0.495 e. The van der Waals surface area contributed by atoms with E-state index in [0.29, 0.717) is 24.6 Å². The van der Waals surface area contributed by atoms with Crippen molar-refractivity contribution < 1.29 is 19.1 Å². The maximum atomic E-state index is 12.8. The van der Waals surface area contributed by atoms with Crippen molar-refractivity contribution in [2.45, 2.75) is 18.9 Å². The molecule has 0 unspecified atom stereocenters. The van der Waals surface area contributed by atoms with E-state index < -0.39 is 0 Å². The summed E-state index contributed by atoms with van der Waals surface area (Å²) in [5, 5.41) is 3.11. The molecule has 6 nitrogen and oxygen atoms in total. The number of nitrogens with zero attached hydrogens (tertiary/aromatic N) is 1. The molecule has 0 saturated carbocycles. The lowest BCUT2D eigenvalue weighted by atomic mass is 9.99. The minimum atomic E-state index is -0.377. The number of hydrogen-bond donors (Lipinski definition) is 1. The lowest BCUT2D eigenvalue weighted by Gasteiger charge is -2.27. The molecule has 2 amide bonds. The van der Waals surface area contributed by atoms with Crippen molar-refractivity contribution in [2.24, 2.45) is 5.92 Å². The molecule has 6 heteroatoms. The summed E-state index contributed by atoms with van der Waals surface area (Å²) in [5.41, 5.74) is 1.69. The average molecular weight is 366 g/mol. The van der Waals surface area contributed by atoms with E-state index in [1.807, 2.05) is 48.5 Å². The molecule has 2 aromatic rings. The van der Waals surface area contributed by atoms with E-state index in [-0.39, 0.29) is 30.2 Å². The molecule has 1 saturated heterocycles. The lowest BCUT2D eigenvalue weighted by Crippen LogP contribution is -2.37. The Hall–Kier alpha value is -3.02. The molecule has 0 aromatic heterocycles. The molecule has 2 heterocycles. The van der Waals surface area contributed by atoms with Crippen LogP contribution in [0.1, 0.15) is 24.4 Å². The summed E-state index contributed by atoms with van der Waals surface area (Å²) in [7, 11) is 1.58.